The number of esters is 3. The average Bonchev–Trinajstić information content (AvgIpc) is 3.42. The Morgan fingerprint density at radius 1 is 0.276 bits per heavy atom. The zero-order valence-corrected chi connectivity index (χ0v) is 50.5. The van der Waals surface area contributed by atoms with Crippen LogP contribution in [0.2, 0.25) is 0 Å². The standard InChI is InChI=1S/C70H124O6/c1-4-7-10-13-16-19-22-25-26-27-28-29-30-31-32-33-34-35-36-37-38-39-40-41-42-43-44-46-48-51-54-57-60-63-69(72)75-66-67(65-74-68(71)62-59-56-53-50-47-24-21-18-15-12-9-6-3)76-70(73)64-61-58-55-52-49-45-23-20-17-14-11-8-5-2/h8,11,17-18,20-22,25,27-28,45,49,67H,4-7,9-10,12-16,19,23-24,26,29-44,46-48,50-66H2,1-3H3/b11-8-,20-17-,21-18-,25-22-,28-27-,49-45-. The molecule has 0 aromatic carbocycles. The molecule has 1 unspecified atom stereocenters. The van der Waals surface area contributed by atoms with Gasteiger partial charge in [0, 0.05) is 19.3 Å². The minimum atomic E-state index is -0.792. The van der Waals surface area contributed by atoms with Gasteiger partial charge in [-0.1, -0.05) is 280 Å². The maximum atomic E-state index is 12.8. The molecule has 6 nitrogen and oxygen atoms in total. The molecule has 0 saturated carbocycles. The lowest BCUT2D eigenvalue weighted by molar-refractivity contribution is -0.167. The fourth-order valence-electron chi connectivity index (χ4n) is 9.48. The van der Waals surface area contributed by atoms with Gasteiger partial charge < -0.3 is 14.2 Å². The summed E-state index contributed by atoms with van der Waals surface area (Å²) in [5.74, 6) is -0.914. The Hall–Kier alpha value is -3.15. The second-order valence-corrected chi connectivity index (χ2v) is 22.0. The quantitative estimate of drug-likeness (QED) is 0.0261. The zero-order valence-electron chi connectivity index (χ0n) is 50.5. The third-order valence-corrected chi connectivity index (χ3v) is 14.4. The first-order valence-electron chi connectivity index (χ1n) is 32.9. The number of allylic oxidation sites excluding steroid dienone is 12. The zero-order chi connectivity index (χ0) is 55.0. The molecule has 0 saturated heterocycles. The molecular formula is C70H124O6. The summed E-state index contributed by atoms with van der Waals surface area (Å²) in [7, 11) is 0. The van der Waals surface area contributed by atoms with Crippen LogP contribution in [0.4, 0.5) is 0 Å². The molecule has 440 valence electrons. The molecule has 1 atom stereocenters. The normalized spacial score (nSPS) is 12.5. The molecule has 0 rings (SSSR count). The van der Waals surface area contributed by atoms with Gasteiger partial charge in [-0.25, -0.2) is 0 Å². The van der Waals surface area contributed by atoms with Crippen molar-refractivity contribution in [3.8, 4) is 0 Å². The van der Waals surface area contributed by atoms with Crippen molar-refractivity contribution in [2.45, 2.75) is 341 Å². The van der Waals surface area contributed by atoms with Gasteiger partial charge in [-0.2, -0.15) is 0 Å². The average molecular weight is 1060 g/mol. The van der Waals surface area contributed by atoms with Crippen LogP contribution in [0.3, 0.4) is 0 Å². The predicted octanol–water partition coefficient (Wildman–Crippen LogP) is 22.5. The Kier molecular flexibility index (Phi) is 61.7. The van der Waals surface area contributed by atoms with Gasteiger partial charge in [0.25, 0.3) is 0 Å². The van der Waals surface area contributed by atoms with E-state index in [1.54, 1.807) is 0 Å². The van der Waals surface area contributed by atoms with Crippen molar-refractivity contribution in [3.63, 3.8) is 0 Å². The number of hydrogen-bond donors (Lipinski definition) is 0. The van der Waals surface area contributed by atoms with Gasteiger partial charge in [0.2, 0.25) is 0 Å². The van der Waals surface area contributed by atoms with Crippen LogP contribution in [0, 0.1) is 0 Å². The summed E-state index contributed by atoms with van der Waals surface area (Å²) in [6, 6.07) is 0. The minimum Gasteiger partial charge on any atom is -0.462 e. The summed E-state index contributed by atoms with van der Waals surface area (Å²) >= 11 is 0. The lowest BCUT2D eigenvalue weighted by Gasteiger charge is -2.18. The lowest BCUT2D eigenvalue weighted by Crippen LogP contribution is -2.30. The molecule has 0 radical (unpaired) electrons. The monoisotopic (exact) mass is 1060 g/mol. The number of unbranched alkanes of at least 4 members (excludes halogenated alkanes) is 37. The Morgan fingerprint density at radius 3 is 0.855 bits per heavy atom. The molecule has 76 heavy (non-hydrogen) atoms. The highest BCUT2D eigenvalue weighted by Gasteiger charge is 2.19. The molecule has 0 aliphatic heterocycles. The molecule has 0 spiro atoms. The minimum absolute atomic E-state index is 0.0870. The van der Waals surface area contributed by atoms with E-state index in [1.807, 2.05) is 0 Å². The highest BCUT2D eigenvalue weighted by Crippen LogP contribution is 2.17. The van der Waals surface area contributed by atoms with E-state index in [2.05, 4.69) is 93.7 Å². The topological polar surface area (TPSA) is 78.9 Å². The summed E-state index contributed by atoms with van der Waals surface area (Å²) in [5.41, 5.74) is 0. The van der Waals surface area contributed by atoms with Gasteiger partial charge >= 0.3 is 17.9 Å². The molecule has 0 aromatic rings. The van der Waals surface area contributed by atoms with Crippen LogP contribution in [-0.2, 0) is 28.6 Å². The summed E-state index contributed by atoms with van der Waals surface area (Å²) in [5, 5.41) is 0. The van der Waals surface area contributed by atoms with E-state index in [4.69, 9.17) is 14.2 Å². The van der Waals surface area contributed by atoms with E-state index in [0.29, 0.717) is 19.3 Å². The van der Waals surface area contributed by atoms with E-state index in [1.165, 1.54) is 199 Å². The highest BCUT2D eigenvalue weighted by molar-refractivity contribution is 5.71. The molecule has 6 heteroatoms. The second kappa shape index (κ2) is 64.4. The Morgan fingerprint density at radius 2 is 0.513 bits per heavy atom. The molecule has 0 fully saturated rings. The fraction of sp³-hybridized carbons (Fsp3) is 0.786. The van der Waals surface area contributed by atoms with Crippen LogP contribution in [0.15, 0.2) is 72.9 Å². The third-order valence-electron chi connectivity index (χ3n) is 14.4. The van der Waals surface area contributed by atoms with Crippen molar-refractivity contribution in [1.29, 1.82) is 0 Å². The first kappa shape index (κ1) is 72.8. The summed E-state index contributed by atoms with van der Waals surface area (Å²) < 4.78 is 16.8. The van der Waals surface area contributed by atoms with Crippen molar-refractivity contribution in [3.05, 3.63) is 72.9 Å². The molecule has 0 bridgehead atoms. The third kappa shape index (κ3) is 61.7. The van der Waals surface area contributed by atoms with Gasteiger partial charge in [-0.3, -0.25) is 14.4 Å². The van der Waals surface area contributed by atoms with Gasteiger partial charge in [-0.05, 0) is 109 Å². The van der Waals surface area contributed by atoms with Crippen molar-refractivity contribution in [1.82, 2.24) is 0 Å². The number of carbonyl (C=O) groups excluding carboxylic acids is 3. The Balaban J connectivity index is 4.08. The van der Waals surface area contributed by atoms with E-state index in [9.17, 15) is 14.4 Å². The summed E-state index contributed by atoms with van der Waals surface area (Å²) in [4.78, 5) is 38.2. The van der Waals surface area contributed by atoms with Gasteiger partial charge in [0.15, 0.2) is 6.10 Å². The van der Waals surface area contributed by atoms with E-state index >= 15 is 0 Å². The lowest BCUT2D eigenvalue weighted by atomic mass is 10.0. The number of rotatable bonds is 60. The molecule has 0 aromatic heterocycles. The van der Waals surface area contributed by atoms with Crippen LogP contribution in [0.25, 0.3) is 0 Å². The molecule has 0 amide bonds. The van der Waals surface area contributed by atoms with E-state index in [0.717, 1.165) is 96.3 Å². The largest absolute Gasteiger partial charge is 0.462 e. The molecule has 0 heterocycles. The summed E-state index contributed by atoms with van der Waals surface area (Å²) in [6.45, 7) is 6.49. The number of carbonyl (C=O) groups is 3. The van der Waals surface area contributed by atoms with Crippen molar-refractivity contribution in [2.24, 2.45) is 0 Å². The smallest absolute Gasteiger partial charge is 0.306 e. The molecular weight excluding hydrogens is 937 g/mol. The molecule has 0 aliphatic rings. The van der Waals surface area contributed by atoms with E-state index in [-0.39, 0.29) is 31.1 Å². The van der Waals surface area contributed by atoms with E-state index < -0.39 is 6.10 Å². The first-order valence-corrected chi connectivity index (χ1v) is 32.9. The van der Waals surface area contributed by atoms with Crippen LogP contribution >= 0.6 is 0 Å². The van der Waals surface area contributed by atoms with Gasteiger partial charge in [0.05, 0.1) is 0 Å². The molecule has 0 aliphatic carbocycles. The molecule has 0 N–H and O–H groups in total. The number of hydrogen-bond acceptors (Lipinski definition) is 6. The first-order chi connectivity index (χ1) is 37.5. The Bertz CT molecular complexity index is 1400. The highest BCUT2D eigenvalue weighted by atomic mass is 16.6. The van der Waals surface area contributed by atoms with Crippen LogP contribution in [0.5, 0.6) is 0 Å². The van der Waals surface area contributed by atoms with Gasteiger partial charge in [0.1, 0.15) is 13.2 Å². The number of ether oxygens (including phenoxy) is 3. The van der Waals surface area contributed by atoms with Crippen LogP contribution in [0.1, 0.15) is 335 Å². The Labute approximate surface area is 472 Å². The van der Waals surface area contributed by atoms with Crippen molar-refractivity contribution in [2.75, 3.05) is 13.2 Å². The van der Waals surface area contributed by atoms with Crippen LogP contribution in [-0.4, -0.2) is 37.2 Å². The summed E-state index contributed by atoms with van der Waals surface area (Å²) in [6.07, 6.45) is 83.8. The van der Waals surface area contributed by atoms with Gasteiger partial charge in [-0.15, -0.1) is 0 Å². The van der Waals surface area contributed by atoms with Crippen molar-refractivity contribution >= 4 is 17.9 Å². The maximum Gasteiger partial charge on any atom is 0.306 e. The van der Waals surface area contributed by atoms with Crippen molar-refractivity contribution < 1.29 is 28.6 Å². The SMILES string of the molecule is CC/C=C\C/C=C\C/C=C\CCCCCC(=O)OC(COC(=O)CCCCCCC/C=C\CCCCC)COC(=O)CCCCCCCCCCCCCCCCCCCCCCC/C=C\C/C=C\CCCCCCC. The predicted molar refractivity (Wildman–Crippen MR) is 330 cm³/mol. The maximum absolute atomic E-state index is 12.8. The van der Waals surface area contributed by atoms with Crippen LogP contribution < -0.4 is 0 Å². The fourth-order valence-corrected chi connectivity index (χ4v) is 9.48. The second-order valence-electron chi connectivity index (χ2n) is 22.0.